The molecule has 0 saturated heterocycles. The van der Waals surface area contributed by atoms with Crippen molar-refractivity contribution in [3.8, 4) is 5.75 Å². The van der Waals surface area contributed by atoms with E-state index in [2.05, 4.69) is 4.74 Å². The van der Waals surface area contributed by atoms with Crippen LogP contribution in [-0.4, -0.2) is 24.5 Å². The molecule has 0 aliphatic rings. The summed E-state index contributed by atoms with van der Waals surface area (Å²) >= 11 is 0. The van der Waals surface area contributed by atoms with E-state index < -0.39 is 6.16 Å². The maximum absolute atomic E-state index is 10.5. The first-order valence-corrected chi connectivity index (χ1v) is 5.15. The van der Waals surface area contributed by atoms with Crippen molar-refractivity contribution in [2.75, 3.05) is 7.11 Å². The summed E-state index contributed by atoms with van der Waals surface area (Å²) in [5.41, 5.74) is 0.883. The second-order valence-electron chi connectivity index (χ2n) is 3.56. The van der Waals surface area contributed by atoms with Crippen LogP contribution in [0.4, 0.5) is 4.79 Å². The second kappa shape index (κ2) is 6.12. The SMILES string of the molecule is COC(C)CCc1ccccc1OC(=O)O. The Morgan fingerprint density at radius 1 is 1.44 bits per heavy atom. The molecule has 0 aliphatic carbocycles. The van der Waals surface area contributed by atoms with Crippen LogP contribution in [0, 0.1) is 0 Å². The first-order chi connectivity index (χ1) is 7.63. The van der Waals surface area contributed by atoms with Crippen LogP contribution in [-0.2, 0) is 11.2 Å². The molecule has 1 unspecified atom stereocenters. The fourth-order valence-corrected chi connectivity index (χ4v) is 1.38. The summed E-state index contributed by atoms with van der Waals surface area (Å²) in [6, 6.07) is 7.13. The van der Waals surface area contributed by atoms with Crippen molar-refractivity contribution in [1.29, 1.82) is 0 Å². The maximum Gasteiger partial charge on any atom is 0.511 e. The summed E-state index contributed by atoms with van der Waals surface area (Å²) in [5, 5.41) is 8.57. The Labute approximate surface area is 94.8 Å². The molecule has 0 radical (unpaired) electrons. The van der Waals surface area contributed by atoms with Gasteiger partial charge in [0.05, 0.1) is 6.10 Å². The minimum atomic E-state index is -1.28. The van der Waals surface area contributed by atoms with E-state index in [1.807, 2.05) is 19.1 Å². The van der Waals surface area contributed by atoms with Crippen molar-refractivity contribution >= 4 is 6.16 Å². The van der Waals surface area contributed by atoms with E-state index in [4.69, 9.17) is 9.84 Å². The highest BCUT2D eigenvalue weighted by Gasteiger charge is 2.08. The van der Waals surface area contributed by atoms with Crippen LogP contribution in [0.1, 0.15) is 18.9 Å². The number of carbonyl (C=O) groups is 1. The molecule has 1 atom stereocenters. The summed E-state index contributed by atoms with van der Waals surface area (Å²) in [5.74, 6) is 0.401. The van der Waals surface area contributed by atoms with Gasteiger partial charge in [0.15, 0.2) is 0 Å². The van der Waals surface area contributed by atoms with Crippen LogP contribution in [0.5, 0.6) is 5.75 Å². The Bertz CT molecular complexity index is 349. The molecule has 0 bridgehead atoms. The van der Waals surface area contributed by atoms with Gasteiger partial charge in [-0.25, -0.2) is 4.79 Å². The standard InChI is InChI=1S/C12H16O4/c1-9(15-2)7-8-10-5-3-4-6-11(10)16-12(13)14/h3-6,9H,7-8H2,1-2H3,(H,13,14). The molecule has 0 fully saturated rings. The first kappa shape index (κ1) is 12.5. The lowest BCUT2D eigenvalue weighted by Gasteiger charge is -2.11. The van der Waals surface area contributed by atoms with Crippen molar-refractivity contribution in [2.24, 2.45) is 0 Å². The minimum Gasteiger partial charge on any atom is -0.449 e. The van der Waals surface area contributed by atoms with Gasteiger partial charge in [0.25, 0.3) is 0 Å². The lowest BCUT2D eigenvalue weighted by atomic mass is 10.1. The number of hydrogen-bond acceptors (Lipinski definition) is 3. The van der Waals surface area contributed by atoms with Crippen molar-refractivity contribution in [3.63, 3.8) is 0 Å². The highest BCUT2D eigenvalue weighted by atomic mass is 16.7. The van der Waals surface area contributed by atoms with Crippen LogP contribution in [0.25, 0.3) is 0 Å². The molecule has 16 heavy (non-hydrogen) atoms. The molecule has 0 heterocycles. The first-order valence-electron chi connectivity index (χ1n) is 5.15. The van der Waals surface area contributed by atoms with E-state index in [1.165, 1.54) is 0 Å². The molecular formula is C12H16O4. The predicted octanol–water partition coefficient (Wildman–Crippen LogP) is 2.71. The zero-order chi connectivity index (χ0) is 12.0. The van der Waals surface area contributed by atoms with Gasteiger partial charge in [-0.3, -0.25) is 0 Å². The van der Waals surface area contributed by atoms with Crippen LogP contribution in [0.3, 0.4) is 0 Å². The number of methoxy groups -OCH3 is 1. The molecule has 0 amide bonds. The van der Waals surface area contributed by atoms with Crippen molar-refractivity contribution in [3.05, 3.63) is 29.8 Å². The van der Waals surface area contributed by atoms with E-state index in [0.29, 0.717) is 5.75 Å². The van der Waals surface area contributed by atoms with Crippen LogP contribution in [0.15, 0.2) is 24.3 Å². The minimum absolute atomic E-state index is 0.151. The number of aryl methyl sites for hydroxylation is 1. The number of benzene rings is 1. The number of hydrogen-bond donors (Lipinski definition) is 1. The summed E-state index contributed by atoms with van der Waals surface area (Å²) in [6.07, 6.45) is 0.430. The number of carboxylic acid groups (broad SMARTS) is 1. The van der Waals surface area contributed by atoms with Gasteiger partial charge < -0.3 is 14.6 Å². The van der Waals surface area contributed by atoms with Crippen LogP contribution >= 0.6 is 0 Å². The third-order valence-electron chi connectivity index (χ3n) is 2.39. The van der Waals surface area contributed by atoms with Crippen molar-refractivity contribution in [2.45, 2.75) is 25.9 Å². The molecule has 0 saturated carbocycles. The van der Waals surface area contributed by atoms with Gasteiger partial charge in [-0.1, -0.05) is 18.2 Å². The average molecular weight is 224 g/mol. The Kier molecular flexibility index (Phi) is 4.79. The van der Waals surface area contributed by atoms with Gasteiger partial charge in [-0.15, -0.1) is 0 Å². The van der Waals surface area contributed by atoms with Gasteiger partial charge in [-0.05, 0) is 31.4 Å². The zero-order valence-electron chi connectivity index (χ0n) is 9.47. The summed E-state index contributed by atoms with van der Waals surface area (Å²) in [4.78, 5) is 10.5. The van der Waals surface area contributed by atoms with E-state index in [-0.39, 0.29) is 6.10 Å². The van der Waals surface area contributed by atoms with Gasteiger partial charge in [0.2, 0.25) is 0 Å². The highest BCUT2D eigenvalue weighted by Crippen LogP contribution is 2.20. The van der Waals surface area contributed by atoms with Crippen molar-refractivity contribution in [1.82, 2.24) is 0 Å². The maximum atomic E-state index is 10.5. The van der Waals surface area contributed by atoms with E-state index in [9.17, 15) is 4.79 Å². The molecule has 1 rings (SSSR count). The topological polar surface area (TPSA) is 55.8 Å². The fourth-order valence-electron chi connectivity index (χ4n) is 1.38. The number of ether oxygens (including phenoxy) is 2. The molecule has 4 nitrogen and oxygen atoms in total. The van der Waals surface area contributed by atoms with Crippen LogP contribution < -0.4 is 4.74 Å². The van der Waals surface area contributed by atoms with Gasteiger partial charge in [0.1, 0.15) is 5.75 Å². The molecule has 0 aliphatic heterocycles. The second-order valence-corrected chi connectivity index (χ2v) is 3.56. The smallest absolute Gasteiger partial charge is 0.449 e. The molecular weight excluding hydrogens is 208 g/mol. The third kappa shape index (κ3) is 3.90. The third-order valence-corrected chi connectivity index (χ3v) is 2.39. The molecule has 88 valence electrons. The summed E-state index contributed by atoms with van der Waals surface area (Å²) in [7, 11) is 1.66. The van der Waals surface area contributed by atoms with E-state index >= 15 is 0 Å². The Balaban J connectivity index is 2.67. The lowest BCUT2D eigenvalue weighted by molar-refractivity contribution is 0.111. The van der Waals surface area contributed by atoms with Gasteiger partial charge in [0, 0.05) is 7.11 Å². The summed E-state index contributed by atoms with van der Waals surface area (Å²) in [6.45, 7) is 1.97. The Morgan fingerprint density at radius 3 is 2.75 bits per heavy atom. The molecule has 1 N–H and O–H groups in total. The Morgan fingerprint density at radius 2 is 2.12 bits per heavy atom. The highest BCUT2D eigenvalue weighted by molar-refractivity contribution is 5.62. The summed E-state index contributed by atoms with van der Waals surface area (Å²) < 4.78 is 9.82. The monoisotopic (exact) mass is 224 g/mol. The molecule has 1 aromatic rings. The van der Waals surface area contributed by atoms with E-state index in [0.717, 1.165) is 18.4 Å². The molecule has 0 aromatic heterocycles. The average Bonchev–Trinajstić information content (AvgIpc) is 2.26. The molecule has 4 heteroatoms. The number of para-hydroxylation sites is 1. The molecule has 1 aromatic carbocycles. The lowest BCUT2D eigenvalue weighted by Crippen LogP contribution is -2.08. The number of rotatable bonds is 5. The zero-order valence-corrected chi connectivity index (χ0v) is 9.47. The normalized spacial score (nSPS) is 12.1. The van der Waals surface area contributed by atoms with Crippen molar-refractivity contribution < 1.29 is 19.4 Å². The largest absolute Gasteiger partial charge is 0.511 e. The molecule has 0 spiro atoms. The Hall–Kier alpha value is -1.55. The fraction of sp³-hybridized carbons (Fsp3) is 0.417. The quantitative estimate of drug-likeness (QED) is 0.617. The van der Waals surface area contributed by atoms with Crippen LogP contribution in [0.2, 0.25) is 0 Å². The van der Waals surface area contributed by atoms with Gasteiger partial charge in [-0.2, -0.15) is 0 Å². The predicted molar refractivity (Wildman–Crippen MR) is 59.9 cm³/mol. The van der Waals surface area contributed by atoms with Gasteiger partial charge >= 0.3 is 6.16 Å². The van der Waals surface area contributed by atoms with E-state index in [1.54, 1.807) is 19.2 Å².